The van der Waals surface area contributed by atoms with Gasteiger partial charge in [-0.2, -0.15) is 0 Å². The number of hydrogen-bond acceptors (Lipinski definition) is 5. The molecule has 3 saturated heterocycles. The van der Waals surface area contributed by atoms with Crippen molar-refractivity contribution in [3.05, 3.63) is 80.2 Å². The summed E-state index contributed by atoms with van der Waals surface area (Å²) in [5.41, 5.74) is -1.49. The first-order chi connectivity index (χ1) is 15.4. The van der Waals surface area contributed by atoms with E-state index >= 15 is 0 Å². The SMILES string of the molecule is O=C(O[C@H]1C[N+]2(Cc3cc(F)ccc3F)CCC1CC2)C(O)(c1cccs1)c1cccs1. The second kappa shape index (κ2) is 8.33. The lowest BCUT2D eigenvalue weighted by Crippen LogP contribution is -2.64. The van der Waals surface area contributed by atoms with Gasteiger partial charge in [0, 0.05) is 24.3 Å². The van der Waals surface area contributed by atoms with Crippen LogP contribution in [0.3, 0.4) is 0 Å². The van der Waals surface area contributed by atoms with Crippen molar-refractivity contribution in [1.29, 1.82) is 0 Å². The van der Waals surface area contributed by atoms with Gasteiger partial charge >= 0.3 is 5.97 Å². The molecule has 168 valence electrons. The van der Waals surface area contributed by atoms with Crippen molar-refractivity contribution in [2.24, 2.45) is 5.92 Å². The highest BCUT2D eigenvalue weighted by Gasteiger charge is 2.51. The first-order valence-corrected chi connectivity index (χ1v) is 12.5. The van der Waals surface area contributed by atoms with Gasteiger partial charge in [0.1, 0.15) is 24.7 Å². The lowest BCUT2D eigenvalue weighted by Gasteiger charge is -2.52. The number of piperidine rings is 3. The summed E-state index contributed by atoms with van der Waals surface area (Å²) in [5, 5.41) is 15.2. The monoisotopic (exact) mass is 476 g/mol. The van der Waals surface area contributed by atoms with Crippen LogP contribution < -0.4 is 0 Å². The fourth-order valence-electron chi connectivity index (χ4n) is 5.12. The molecule has 32 heavy (non-hydrogen) atoms. The number of esters is 1. The Balaban J connectivity index is 1.38. The van der Waals surface area contributed by atoms with E-state index in [0.717, 1.165) is 32.0 Å². The molecule has 3 aliphatic rings. The van der Waals surface area contributed by atoms with Crippen molar-refractivity contribution in [2.75, 3.05) is 19.6 Å². The minimum atomic E-state index is -1.84. The molecule has 1 atom stereocenters. The molecule has 0 aliphatic carbocycles. The minimum Gasteiger partial charge on any atom is -0.453 e. The third-order valence-corrected chi connectivity index (χ3v) is 8.82. The van der Waals surface area contributed by atoms with Crippen LogP contribution in [0.1, 0.15) is 28.2 Å². The predicted molar refractivity (Wildman–Crippen MR) is 119 cm³/mol. The van der Waals surface area contributed by atoms with Crippen molar-refractivity contribution in [2.45, 2.75) is 31.1 Å². The lowest BCUT2D eigenvalue weighted by atomic mass is 9.82. The number of carbonyl (C=O) groups is 1. The molecular formula is C24H24F2NO3S2+. The average molecular weight is 477 g/mol. The molecule has 3 fully saturated rings. The number of fused-ring (bicyclic) bond motifs is 3. The smallest absolute Gasteiger partial charge is 0.349 e. The van der Waals surface area contributed by atoms with Crippen LogP contribution >= 0.6 is 22.7 Å². The Labute approximate surface area is 193 Å². The van der Waals surface area contributed by atoms with Gasteiger partial charge in [0.2, 0.25) is 5.60 Å². The molecule has 0 radical (unpaired) electrons. The van der Waals surface area contributed by atoms with Gasteiger partial charge in [-0.3, -0.25) is 0 Å². The number of quaternary nitrogens is 1. The maximum Gasteiger partial charge on any atom is 0.349 e. The Kier molecular flexibility index (Phi) is 5.65. The molecule has 1 aromatic carbocycles. The fourth-order valence-corrected chi connectivity index (χ4v) is 6.83. The van der Waals surface area contributed by atoms with E-state index < -0.39 is 23.2 Å². The standard InChI is InChI=1S/C24H24F2NO3S2/c25-18-5-6-19(26)17(13-18)14-27-9-7-16(8-10-27)20(15-27)30-23(28)24(29,21-3-1-11-31-21)22-4-2-12-32-22/h1-6,11-13,16,20,29H,7-10,14-15H2/q+1/t16?,20-,27?/m0/s1. The van der Waals surface area contributed by atoms with E-state index in [1.165, 1.54) is 34.8 Å². The third kappa shape index (κ3) is 3.79. The van der Waals surface area contributed by atoms with Gasteiger partial charge < -0.3 is 14.3 Å². The van der Waals surface area contributed by atoms with E-state index in [0.29, 0.717) is 32.9 Å². The second-order valence-electron chi connectivity index (χ2n) is 8.81. The molecule has 2 bridgehead atoms. The molecule has 2 aromatic heterocycles. The predicted octanol–water partition coefficient (Wildman–Crippen LogP) is 4.68. The van der Waals surface area contributed by atoms with Crippen LogP contribution in [0, 0.1) is 17.6 Å². The number of carbonyl (C=O) groups excluding carboxylic acids is 1. The summed E-state index contributed by atoms with van der Waals surface area (Å²) in [6.45, 7) is 2.59. The maximum atomic E-state index is 14.3. The van der Waals surface area contributed by atoms with Gasteiger partial charge in [0.05, 0.1) is 22.8 Å². The number of hydrogen-bond donors (Lipinski definition) is 1. The Hall–Kier alpha value is -2.13. The van der Waals surface area contributed by atoms with E-state index in [4.69, 9.17) is 4.74 Å². The highest BCUT2D eigenvalue weighted by Crippen LogP contribution is 2.41. The molecule has 5 heterocycles. The van der Waals surface area contributed by atoms with Gasteiger partial charge in [-0.05, 0) is 41.1 Å². The molecule has 4 nitrogen and oxygen atoms in total. The maximum absolute atomic E-state index is 14.3. The van der Waals surface area contributed by atoms with Crippen molar-refractivity contribution >= 4 is 28.6 Å². The molecule has 0 amide bonds. The van der Waals surface area contributed by atoms with Crippen molar-refractivity contribution in [1.82, 2.24) is 0 Å². The van der Waals surface area contributed by atoms with Crippen molar-refractivity contribution < 1.29 is 27.9 Å². The molecule has 3 aromatic rings. The largest absolute Gasteiger partial charge is 0.453 e. The summed E-state index contributed by atoms with van der Waals surface area (Å²) in [4.78, 5) is 14.4. The molecule has 8 heteroatoms. The minimum absolute atomic E-state index is 0.215. The second-order valence-corrected chi connectivity index (χ2v) is 10.7. The number of aliphatic hydroxyl groups is 1. The molecule has 0 saturated carbocycles. The van der Waals surface area contributed by atoms with Crippen LogP contribution in [0.25, 0.3) is 0 Å². The summed E-state index contributed by atoms with van der Waals surface area (Å²) < 4.78 is 34.6. The number of thiophene rings is 2. The van der Waals surface area contributed by atoms with Gasteiger partial charge in [0.15, 0.2) is 6.10 Å². The van der Waals surface area contributed by atoms with Crippen LogP contribution in [-0.2, 0) is 21.7 Å². The van der Waals surface area contributed by atoms with Crippen LogP contribution in [0.15, 0.2) is 53.2 Å². The first kappa shape index (κ1) is 21.7. The van der Waals surface area contributed by atoms with Gasteiger partial charge in [0.25, 0.3) is 0 Å². The topological polar surface area (TPSA) is 46.5 Å². The summed E-state index contributed by atoms with van der Waals surface area (Å²) in [6, 6.07) is 10.6. The average Bonchev–Trinajstić information content (AvgIpc) is 3.51. The summed E-state index contributed by atoms with van der Waals surface area (Å²) in [7, 11) is 0. The number of ether oxygens (including phenoxy) is 1. The number of halogens is 2. The van der Waals surface area contributed by atoms with E-state index in [2.05, 4.69) is 0 Å². The molecular weight excluding hydrogens is 452 g/mol. The molecule has 3 aliphatic heterocycles. The van der Waals surface area contributed by atoms with Gasteiger partial charge in [-0.15, -0.1) is 22.7 Å². The quantitative estimate of drug-likeness (QED) is 0.415. The Morgan fingerprint density at radius 3 is 2.34 bits per heavy atom. The van der Waals surface area contributed by atoms with E-state index in [-0.39, 0.29) is 12.0 Å². The fraction of sp³-hybridized carbons (Fsp3) is 0.375. The number of benzene rings is 1. The zero-order chi connectivity index (χ0) is 22.3. The van der Waals surface area contributed by atoms with Crippen LogP contribution in [0.4, 0.5) is 8.78 Å². The highest BCUT2D eigenvalue weighted by atomic mass is 32.1. The van der Waals surface area contributed by atoms with Gasteiger partial charge in [-0.25, -0.2) is 13.6 Å². The summed E-state index contributed by atoms with van der Waals surface area (Å²) in [5.74, 6) is -1.32. The molecule has 1 N–H and O–H groups in total. The van der Waals surface area contributed by atoms with Crippen LogP contribution in [0.2, 0.25) is 0 Å². The third-order valence-electron chi connectivity index (χ3n) is 6.86. The zero-order valence-corrected chi connectivity index (χ0v) is 19.0. The van der Waals surface area contributed by atoms with E-state index in [9.17, 15) is 18.7 Å². The molecule has 0 unspecified atom stereocenters. The van der Waals surface area contributed by atoms with Crippen LogP contribution in [-0.4, -0.2) is 41.3 Å². The Morgan fingerprint density at radius 2 is 1.75 bits per heavy atom. The summed E-state index contributed by atoms with van der Waals surface area (Å²) >= 11 is 2.63. The lowest BCUT2D eigenvalue weighted by molar-refractivity contribution is -0.958. The Morgan fingerprint density at radius 1 is 1.09 bits per heavy atom. The van der Waals surface area contributed by atoms with Crippen LogP contribution in [0.5, 0.6) is 0 Å². The Bertz CT molecular complexity index is 1060. The number of rotatable bonds is 6. The van der Waals surface area contributed by atoms with Crippen molar-refractivity contribution in [3.8, 4) is 0 Å². The van der Waals surface area contributed by atoms with Crippen molar-refractivity contribution in [3.63, 3.8) is 0 Å². The number of nitrogens with zero attached hydrogens (tertiary/aromatic N) is 1. The normalized spacial score (nSPS) is 25.1. The highest BCUT2D eigenvalue weighted by molar-refractivity contribution is 7.12. The molecule has 6 rings (SSSR count). The van der Waals surface area contributed by atoms with E-state index in [1.807, 2.05) is 10.8 Å². The summed E-state index contributed by atoms with van der Waals surface area (Å²) in [6.07, 6.45) is 1.34. The van der Waals surface area contributed by atoms with Gasteiger partial charge in [-0.1, -0.05) is 12.1 Å². The first-order valence-electron chi connectivity index (χ1n) is 10.7. The zero-order valence-electron chi connectivity index (χ0n) is 17.4. The molecule has 0 spiro atoms. The van der Waals surface area contributed by atoms with E-state index in [1.54, 1.807) is 24.3 Å².